The molecule has 0 saturated carbocycles. The van der Waals surface area contributed by atoms with Gasteiger partial charge in [-0.3, -0.25) is 48.3 Å². The molecule has 18 heteroatoms. The average Bonchev–Trinajstić information content (AvgIpc) is 3.18. The molecule has 18 nitrogen and oxygen atoms in total. The Kier molecular flexibility index (Phi) is 34.4. The van der Waals surface area contributed by atoms with E-state index in [2.05, 4.69) is 13.8 Å². The van der Waals surface area contributed by atoms with Gasteiger partial charge in [0.25, 0.3) is 0 Å². The molecule has 1 atom stereocenters. The number of unbranched alkanes of at least 4 members (excludes halogenated alkanes) is 14. The normalized spacial score (nSPS) is 11.9. The SMILES string of the molecule is CCCCCCCCCCC(=O)OCC(CN(C)CCN(C)C(=O)CN(CCN(CCN(CC(=O)O)CC(=O)O)CC(=O)O)CC(=O)O)OC(=O)CCCCCCCCCC. The molecule has 0 aliphatic rings. The van der Waals surface area contributed by atoms with E-state index in [0.717, 1.165) is 56.3 Å². The maximum absolute atomic E-state index is 13.3. The van der Waals surface area contributed by atoms with Crippen LogP contribution in [0.5, 0.6) is 0 Å². The highest BCUT2D eigenvalue weighted by molar-refractivity contribution is 5.79. The Balaban J connectivity index is 5.29. The molecule has 0 spiro atoms. The fraction of sp³-hybridized carbons (Fsp3) is 0.837. The van der Waals surface area contributed by atoms with Crippen LogP contribution in [0.1, 0.15) is 129 Å². The fourth-order valence-corrected chi connectivity index (χ4v) is 6.66. The minimum Gasteiger partial charge on any atom is -0.480 e. The maximum atomic E-state index is 13.3. The fourth-order valence-electron chi connectivity index (χ4n) is 6.66. The van der Waals surface area contributed by atoms with Gasteiger partial charge < -0.3 is 39.7 Å². The first-order valence-corrected chi connectivity index (χ1v) is 22.4. The minimum absolute atomic E-state index is 0.0101. The van der Waals surface area contributed by atoms with Crippen molar-refractivity contribution in [2.75, 3.05) is 99.2 Å². The molecule has 1 unspecified atom stereocenters. The molecule has 0 saturated heterocycles. The van der Waals surface area contributed by atoms with Crippen LogP contribution in [0, 0.1) is 0 Å². The molecule has 0 aliphatic heterocycles. The number of amides is 1. The number of esters is 2. The number of carbonyl (C=O) groups is 7. The zero-order valence-electron chi connectivity index (χ0n) is 37.7. The summed E-state index contributed by atoms with van der Waals surface area (Å²) in [6.45, 7) is 2.65. The molecule has 4 N–H and O–H groups in total. The molecule has 0 aliphatic carbocycles. The molecule has 0 radical (unpaired) electrons. The summed E-state index contributed by atoms with van der Waals surface area (Å²) in [5.41, 5.74) is 0. The van der Waals surface area contributed by atoms with Crippen LogP contribution >= 0.6 is 0 Å². The highest BCUT2D eigenvalue weighted by atomic mass is 16.6. The van der Waals surface area contributed by atoms with Gasteiger partial charge in [0.2, 0.25) is 5.91 Å². The Labute approximate surface area is 363 Å². The molecule has 0 aromatic heterocycles. The number of likely N-dealkylation sites (N-methyl/N-ethyl adjacent to an activating group) is 2. The lowest BCUT2D eigenvalue weighted by molar-refractivity contribution is -0.160. The van der Waals surface area contributed by atoms with Crippen LogP contribution in [0.15, 0.2) is 0 Å². The van der Waals surface area contributed by atoms with Crippen molar-refractivity contribution in [1.82, 2.24) is 24.5 Å². The Hall–Kier alpha value is -3.87. The van der Waals surface area contributed by atoms with Gasteiger partial charge in [0.1, 0.15) is 12.7 Å². The summed E-state index contributed by atoms with van der Waals surface area (Å²) >= 11 is 0. The molecule has 61 heavy (non-hydrogen) atoms. The maximum Gasteiger partial charge on any atom is 0.317 e. The molecule has 0 aromatic carbocycles. The summed E-state index contributed by atoms with van der Waals surface area (Å²) in [5, 5.41) is 37.2. The van der Waals surface area contributed by atoms with Gasteiger partial charge in [-0.05, 0) is 19.9 Å². The lowest BCUT2D eigenvalue weighted by atomic mass is 10.1. The van der Waals surface area contributed by atoms with Gasteiger partial charge in [-0.1, -0.05) is 104 Å². The van der Waals surface area contributed by atoms with Gasteiger partial charge in [-0.25, -0.2) is 0 Å². The second-order valence-corrected chi connectivity index (χ2v) is 16.1. The van der Waals surface area contributed by atoms with Crippen molar-refractivity contribution >= 4 is 41.7 Å². The lowest BCUT2D eigenvalue weighted by Crippen LogP contribution is -2.47. The van der Waals surface area contributed by atoms with Crippen molar-refractivity contribution in [2.24, 2.45) is 0 Å². The molecular weight excluding hydrogens is 794 g/mol. The molecule has 0 rings (SSSR count). The number of rotatable bonds is 42. The van der Waals surface area contributed by atoms with Gasteiger partial charge in [0.15, 0.2) is 0 Å². The van der Waals surface area contributed by atoms with E-state index in [1.807, 2.05) is 4.90 Å². The molecule has 0 aromatic rings. The van der Waals surface area contributed by atoms with Crippen molar-refractivity contribution in [3.63, 3.8) is 0 Å². The van der Waals surface area contributed by atoms with Gasteiger partial charge in [0.05, 0.1) is 32.7 Å². The smallest absolute Gasteiger partial charge is 0.317 e. The van der Waals surface area contributed by atoms with E-state index >= 15 is 0 Å². The minimum atomic E-state index is -1.25. The topological polar surface area (TPSA) is 235 Å². The quantitative estimate of drug-likeness (QED) is 0.0498. The first kappa shape index (κ1) is 57.1. The number of carbonyl (C=O) groups excluding carboxylic acids is 3. The van der Waals surface area contributed by atoms with E-state index < -0.39 is 62.1 Å². The summed E-state index contributed by atoms with van der Waals surface area (Å²) in [5.74, 6) is -5.96. The van der Waals surface area contributed by atoms with E-state index in [1.54, 1.807) is 14.1 Å². The number of hydrogen-bond donors (Lipinski definition) is 4. The third-order valence-electron chi connectivity index (χ3n) is 10.2. The van der Waals surface area contributed by atoms with Crippen LogP contribution in [0.25, 0.3) is 0 Å². The zero-order valence-corrected chi connectivity index (χ0v) is 37.7. The van der Waals surface area contributed by atoms with E-state index in [9.17, 15) is 43.8 Å². The first-order valence-electron chi connectivity index (χ1n) is 22.4. The summed E-state index contributed by atoms with van der Waals surface area (Å²) in [7, 11) is 3.36. The number of nitrogens with zero attached hydrogens (tertiary/aromatic N) is 5. The Morgan fingerprint density at radius 3 is 1.28 bits per heavy atom. The summed E-state index contributed by atoms with van der Waals surface area (Å²) in [6, 6.07) is 0. The molecule has 0 fully saturated rings. The van der Waals surface area contributed by atoms with Gasteiger partial charge in [-0.15, -0.1) is 0 Å². The third kappa shape index (κ3) is 35.4. The van der Waals surface area contributed by atoms with Crippen LogP contribution in [0.4, 0.5) is 0 Å². The van der Waals surface area contributed by atoms with Crippen LogP contribution in [-0.2, 0) is 43.0 Å². The Morgan fingerprint density at radius 1 is 0.459 bits per heavy atom. The standard InChI is InChI=1S/C43H79N5O13/c1-5-7-9-11-13-15-17-19-21-42(58)60-35-36(61-43(59)22-20-18-16-14-12-10-8-6-2)29-44(3)23-24-45(4)37(49)30-47(32-39(52)53)27-25-46(31-38(50)51)26-28-48(33-40(54)55)34-41(56)57/h36H,5-35H2,1-4H3,(H,50,51)(H,52,53)(H,54,55)(H,56,57). The lowest BCUT2D eigenvalue weighted by Gasteiger charge is -2.29. The monoisotopic (exact) mass is 874 g/mol. The number of carboxylic acid groups (broad SMARTS) is 4. The van der Waals surface area contributed by atoms with E-state index in [0.29, 0.717) is 13.0 Å². The second kappa shape index (κ2) is 36.8. The summed E-state index contributed by atoms with van der Waals surface area (Å²) < 4.78 is 11.4. The predicted octanol–water partition coefficient (Wildman–Crippen LogP) is 4.14. The average molecular weight is 874 g/mol. The number of ether oxygens (including phenoxy) is 2. The van der Waals surface area contributed by atoms with Crippen molar-refractivity contribution in [3.05, 3.63) is 0 Å². The third-order valence-corrected chi connectivity index (χ3v) is 10.2. The highest BCUT2D eigenvalue weighted by Crippen LogP contribution is 2.13. The first-order chi connectivity index (χ1) is 29.1. The van der Waals surface area contributed by atoms with Gasteiger partial charge in [0, 0.05) is 65.7 Å². The van der Waals surface area contributed by atoms with Gasteiger partial charge >= 0.3 is 35.8 Å². The van der Waals surface area contributed by atoms with E-state index in [4.69, 9.17) is 19.7 Å². The number of hydrogen-bond acceptors (Lipinski definition) is 13. The van der Waals surface area contributed by atoms with E-state index in [1.165, 1.54) is 66.1 Å². The highest BCUT2D eigenvalue weighted by Gasteiger charge is 2.23. The molecule has 0 heterocycles. The molecule has 354 valence electrons. The largest absolute Gasteiger partial charge is 0.480 e. The Bertz CT molecular complexity index is 1240. The number of carboxylic acids is 4. The zero-order chi connectivity index (χ0) is 45.8. The van der Waals surface area contributed by atoms with Crippen LogP contribution in [0.3, 0.4) is 0 Å². The molecule has 0 bridgehead atoms. The molecule has 1 amide bonds. The van der Waals surface area contributed by atoms with E-state index in [-0.39, 0.29) is 70.8 Å². The molecular formula is C43H79N5O13. The van der Waals surface area contributed by atoms with Crippen molar-refractivity contribution < 1.29 is 63.5 Å². The van der Waals surface area contributed by atoms with Crippen LogP contribution in [0.2, 0.25) is 0 Å². The summed E-state index contributed by atoms with van der Waals surface area (Å²) in [4.78, 5) is 91.5. The van der Waals surface area contributed by atoms with Gasteiger partial charge in [-0.2, -0.15) is 0 Å². The predicted molar refractivity (Wildman–Crippen MR) is 230 cm³/mol. The van der Waals surface area contributed by atoms with Crippen molar-refractivity contribution in [1.29, 1.82) is 0 Å². The van der Waals surface area contributed by atoms with Crippen molar-refractivity contribution in [3.8, 4) is 0 Å². The van der Waals surface area contributed by atoms with Crippen LogP contribution < -0.4 is 0 Å². The van der Waals surface area contributed by atoms with Crippen LogP contribution in [-0.4, -0.2) is 192 Å². The van der Waals surface area contributed by atoms with Crippen molar-refractivity contribution in [2.45, 2.75) is 136 Å². The summed E-state index contributed by atoms with van der Waals surface area (Å²) in [6.07, 6.45) is 17.4. The second-order valence-electron chi connectivity index (χ2n) is 16.1. The Morgan fingerprint density at radius 2 is 0.836 bits per heavy atom. The number of aliphatic carboxylic acids is 4.